The van der Waals surface area contributed by atoms with Gasteiger partial charge in [0.15, 0.2) is 0 Å². The highest BCUT2D eigenvalue weighted by Gasteiger charge is 2.34. The molecule has 1 aliphatic rings. The van der Waals surface area contributed by atoms with Crippen molar-refractivity contribution in [2.75, 3.05) is 0 Å². The van der Waals surface area contributed by atoms with Gasteiger partial charge in [-0.25, -0.2) is 0 Å². The third-order valence-corrected chi connectivity index (χ3v) is 4.18. The number of nitrogens with one attached hydrogen (secondary N) is 1. The van der Waals surface area contributed by atoms with Crippen LogP contribution in [0.15, 0.2) is 60.7 Å². The van der Waals surface area contributed by atoms with Crippen LogP contribution in [0, 0.1) is 0 Å². The number of carbonyl (C=O) groups is 2. The van der Waals surface area contributed by atoms with Crippen molar-refractivity contribution in [3.05, 3.63) is 71.8 Å². The fourth-order valence-corrected chi connectivity index (χ4v) is 2.93. The lowest BCUT2D eigenvalue weighted by Crippen LogP contribution is -2.41. The minimum Gasteiger partial charge on any atom is -0.340 e. The summed E-state index contributed by atoms with van der Waals surface area (Å²) in [5, 5.41) is 2.86. The Labute approximate surface area is 136 Å². The molecular weight excluding hydrogens is 288 g/mol. The summed E-state index contributed by atoms with van der Waals surface area (Å²) in [5.74, 6) is -0.145. The van der Waals surface area contributed by atoms with Gasteiger partial charge in [-0.1, -0.05) is 60.7 Å². The van der Waals surface area contributed by atoms with E-state index in [0.29, 0.717) is 13.0 Å². The largest absolute Gasteiger partial charge is 0.340 e. The number of amides is 2. The predicted molar refractivity (Wildman–Crippen MR) is 88.4 cm³/mol. The molecule has 0 spiro atoms. The van der Waals surface area contributed by atoms with E-state index in [1.54, 1.807) is 4.90 Å². The molecule has 1 fully saturated rings. The SMILES string of the molecule is CC1CC(=O)NC(c2ccccc2)C(=O)N1Cc1ccccc1. The van der Waals surface area contributed by atoms with Gasteiger partial charge >= 0.3 is 0 Å². The van der Waals surface area contributed by atoms with Crippen molar-refractivity contribution in [1.82, 2.24) is 10.2 Å². The van der Waals surface area contributed by atoms with E-state index in [9.17, 15) is 9.59 Å². The molecule has 4 heteroatoms. The van der Waals surface area contributed by atoms with E-state index in [2.05, 4.69) is 5.32 Å². The predicted octanol–water partition coefficient (Wildman–Crippen LogP) is 2.66. The number of rotatable bonds is 3. The van der Waals surface area contributed by atoms with E-state index in [1.165, 1.54) is 0 Å². The van der Waals surface area contributed by atoms with Crippen LogP contribution in [0.1, 0.15) is 30.5 Å². The maximum absolute atomic E-state index is 13.0. The van der Waals surface area contributed by atoms with Crippen molar-refractivity contribution in [3.8, 4) is 0 Å². The molecule has 0 aromatic heterocycles. The van der Waals surface area contributed by atoms with E-state index in [4.69, 9.17) is 0 Å². The van der Waals surface area contributed by atoms with Gasteiger partial charge in [0, 0.05) is 19.0 Å². The van der Waals surface area contributed by atoms with Gasteiger partial charge in [-0.3, -0.25) is 9.59 Å². The maximum Gasteiger partial charge on any atom is 0.250 e. The first-order valence-corrected chi connectivity index (χ1v) is 7.84. The van der Waals surface area contributed by atoms with Crippen molar-refractivity contribution in [2.24, 2.45) is 0 Å². The molecule has 2 amide bonds. The van der Waals surface area contributed by atoms with E-state index < -0.39 is 6.04 Å². The van der Waals surface area contributed by atoms with E-state index in [-0.39, 0.29) is 17.9 Å². The van der Waals surface area contributed by atoms with Crippen LogP contribution < -0.4 is 5.32 Å². The lowest BCUT2D eigenvalue weighted by molar-refractivity contribution is -0.135. The van der Waals surface area contributed by atoms with Crippen LogP contribution in [0.25, 0.3) is 0 Å². The van der Waals surface area contributed by atoms with Crippen LogP contribution in [0.5, 0.6) is 0 Å². The van der Waals surface area contributed by atoms with Crippen LogP contribution in [-0.2, 0) is 16.1 Å². The normalized spacial score (nSPS) is 21.7. The molecule has 0 bridgehead atoms. The molecule has 1 saturated heterocycles. The molecule has 1 aliphatic heterocycles. The molecule has 118 valence electrons. The van der Waals surface area contributed by atoms with Crippen molar-refractivity contribution in [1.29, 1.82) is 0 Å². The molecule has 2 atom stereocenters. The topological polar surface area (TPSA) is 49.4 Å². The van der Waals surface area contributed by atoms with Gasteiger partial charge in [-0.15, -0.1) is 0 Å². The lowest BCUT2D eigenvalue weighted by Gasteiger charge is -2.29. The van der Waals surface area contributed by atoms with Gasteiger partial charge in [-0.2, -0.15) is 0 Å². The van der Waals surface area contributed by atoms with E-state index in [1.807, 2.05) is 67.6 Å². The number of hydrogen-bond donors (Lipinski definition) is 1. The fraction of sp³-hybridized carbons (Fsp3) is 0.263. The molecule has 0 radical (unpaired) electrons. The zero-order valence-electron chi connectivity index (χ0n) is 13.1. The standard InChI is InChI=1S/C19H20N2O2/c1-14-12-17(22)20-18(16-10-6-3-7-11-16)19(23)21(14)13-15-8-4-2-5-9-15/h2-11,14,18H,12-13H2,1H3,(H,20,22). The molecule has 0 aliphatic carbocycles. The summed E-state index contributed by atoms with van der Waals surface area (Å²) in [4.78, 5) is 26.9. The van der Waals surface area contributed by atoms with Crippen LogP contribution in [0.3, 0.4) is 0 Å². The smallest absolute Gasteiger partial charge is 0.250 e. The van der Waals surface area contributed by atoms with Crippen molar-refractivity contribution >= 4 is 11.8 Å². The Hall–Kier alpha value is -2.62. The molecule has 1 heterocycles. The molecule has 4 nitrogen and oxygen atoms in total. The number of carbonyl (C=O) groups excluding carboxylic acids is 2. The Bertz CT molecular complexity index is 685. The molecule has 2 aromatic carbocycles. The van der Waals surface area contributed by atoms with Crippen LogP contribution in [-0.4, -0.2) is 22.8 Å². The summed E-state index contributed by atoms with van der Waals surface area (Å²) in [6.07, 6.45) is 0.321. The highest BCUT2D eigenvalue weighted by Crippen LogP contribution is 2.23. The van der Waals surface area contributed by atoms with E-state index >= 15 is 0 Å². The molecule has 3 rings (SSSR count). The van der Waals surface area contributed by atoms with Gasteiger partial charge in [0.2, 0.25) is 11.8 Å². The summed E-state index contributed by atoms with van der Waals surface area (Å²) in [6, 6.07) is 18.5. The second-order valence-electron chi connectivity index (χ2n) is 5.92. The Kier molecular flexibility index (Phi) is 4.42. The van der Waals surface area contributed by atoms with Crippen molar-refractivity contribution in [2.45, 2.75) is 32.0 Å². The monoisotopic (exact) mass is 308 g/mol. The average molecular weight is 308 g/mol. The van der Waals surface area contributed by atoms with Crippen LogP contribution >= 0.6 is 0 Å². The molecule has 2 aromatic rings. The first-order valence-electron chi connectivity index (χ1n) is 7.84. The fourth-order valence-electron chi connectivity index (χ4n) is 2.93. The average Bonchev–Trinajstić information content (AvgIpc) is 2.68. The number of benzene rings is 2. The van der Waals surface area contributed by atoms with Crippen LogP contribution in [0.4, 0.5) is 0 Å². The Balaban J connectivity index is 1.90. The first-order chi connectivity index (χ1) is 11.1. The summed E-state index contributed by atoms with van der Waals surface area (Å²) < 4.78 is 0. The second kappa shape index (κ2) is 6.65. The second-order valence-corrected chi connectivity index (χ2v) is 5.92. The molecular formula is C19H20N2O2. The number of hydrogen-bond acceptors (Lipinski definition) is 2. The lowest BCUT2D eigenvalue weighted by atomic mass is 10.1. The zero-order chi connectivity index (χ0) is 16.2. The van der Waals surface area contributed by atoms with Crippen molar-refractivity contribution in [3.63, 3.8) is 0 Å². The molecule has 2 unspecified atom stereocenters. The van der Waals surface area contributed by atoms with Gasteiger partial charge in [-0.05, 0) is 18.1 Å². The maximum atomic E-state index is 13.0. The minimum absolute atomic E-state index is 0.0570. The van der Waals surface area contributed by atoms with Crippen LogP contribution in [0.2, 0.25) is 0 Å². The summed E-state index contributed by atoms with van der Waals surface area (Å²) in [5.41, 5.74) is 1.88. The Morgan fingerprint density at radius 2 is 1.61 bits per heavy atom. The summed E-state index contributed by atoms with van der Waals surface area (Å²) in [6.45, 7) is 2.44. The van der Waals surface area contributed by atoms with Gasteiger partial charge < -0.3 is 10.2 Å². The third-order valence-electron chi connectivity index (χ3n) is 4.18. The minimum atomic E-state index is -0.614. The molecule has 23 heavy (non-hydrogen) atoms. The van der Waals surface area contributed by atoms with Gasteiger partial charge in [0.25, 0.3) is 0 Å². The molecule has 1 N–H and O–H groups in total. The zero-order valence-corrected chi connectivity index (χ0v) is 13.1. The third kappa shape index (κ3) is 3.42. The van der Waals surface area contributed by atoms with Gasteiger partial charge in [0.05, 0.1) is 0 Å². The van der Waals surface area contributed by atoms with Gasteiger partial charge in [0.1, 0.15) is 6.04 Å². The molecule has 0 saturated carbocycles. The Morgan fingerprint density at radius 3 is 2.26 bits per heavy atom. The van der Waals surface area contributed by atoms with E-state index in [0.717, 1.165) is 11.1 Å². The van der Waals surface area contributed by atoms with Crippen molar-refractivity contribution < 1.29 is 9.59 Å². The Morgan fingerprint density at radius 1 is 1.00 bits per heavy atom. The highest BCUT2D eigenvalue weighted by atomic mass is 16.2. The quantitative estimate of drug-likeness (QED) is 0.947. The first kappa shape index (κ1) is 15.3. The summed E-state index contributed by atoms with van der Waals surface area (Å²) in [7, 11) is 0. The highest BCUT2D eigenvalue weighted by molar-refractivity contribution is 5.91. The summed E-state index contributed by atoms with van der Waals surface area (Å²) >= 11 is 0. The number of nitrogens with zero attached hydrogens (tertiary/aromatic N) is 1.